The molecule has 0 saturated carbocycles. The minimum absolute atomic E-state index is 0.0820. The molecule has 9 heteroatoms. The Morgan fingerprint density at radius 3 is 2.49 bits per heavy atom. The number of unbranched alkanes of at least 4 members (excludes halogenated alkanes) is 4. The first-order valence-electron chi connectivity index (χ1n) is 15.0. The van der Waals surface area contributed by atoms with E-state index in [0.29, 0.717) is 45.4 Å². The summed E-state index contributed by atoms with van der Waals surface area (Å²) in [5.74, 6) is -2.00. The number of carbonyl (C=O) groups is 3. The van der Waals surface area contributed by atoms with E-state index in [4.69, 9.17) is 4.74 Å². The molecule has 6 atom stereocenters. The molecule has 3 amide bonds. The normalized spacial score (nSPS) is 28.0. The van der Waals surface area contributed by atoms with E-state index in [9.17, 15) is 19.5 Å². The molecule has 3 aliphatic heterocycles. The molecule has 224 valence electrons. The van der Waals surface area contributed by atoms with Crippen LogP contribution in [-0.2, 0) is 19.1 Å². The molecule has 1 aromatic carbocycles. The van der Waals surface area contributed by atoms with Crippen LogP contribution in [-0.4, -0.2) is 88.0 Å². The molecule has 1 aromatic rings. The Labute approximate surface area is 252 Å². The Balaban J connectivity index is 1.72. The molecule has 1 N–H and O–H groups in total. The van der Waals surface area contributed by atoms with E-state index >= 15 is 0 Å². The highest BCUT2D eigenvalue weighted by Gasteiger charge is 2.76. The van der Waals surface area contributed by atoms with Gasteiger partial charge in [0.25, 0.3) is 0 Å². The molecule has 3 unspecified atom stereocenters. The fourth-order valence-electron chi connectivity index (χ4n) is 6.91. The number of fused-ring (bicyclic) bond motifs is 1. The van der Waals surface area contributed by atoms with Crippen LogP contribution in [0, 0.1) is 11.8 Å². The minimum atomic E-state index is -1.09. The fourth-order valence-corrected chi connectivity index (χ4v) is 7.86. The summed E-state index contributed by atoms with van der Waals surface area (Å²) in [5, 5.41) is 9.29. The number of aliphatic hydroxyl groups excluding tert-OH is 1. The minimum Gasteiger partial charge on any atom is -0.396 e. The van der Waals surface area contributed by atoms with E-state index in [1.807, 2.05) is 30.3 Å². The molecule has 0 aromatic heterocycles. The number of likely N-dealkylation sites (tertiary alicyclic amines) is 1. The first-order valence-corrected chi connectivity index (χ1v) is 15.9. The zero-order chi connectivity index (χ0) is 29.6. The third-order valence-electron chi connectivity index (χ3n) is 8.70. The summed E-state index contributed by atoms with van der Waals surface area (Å²) in [7, 11) is 0. The van der Waals surface area contributed by atoms with Gasteiger partial charge in [0.15, 0.2) is 0 Å². The Kier molecular flexibility index (Phi) is 10.8. The molecule has 3 saturated heterocycles. The van der Waals surface area contributed by atoms with Crippen LogP contribution in [0.1, 0.15) is 51.9 Å². The Morgan fingerprint density at radius 2 is 1.83 bits per heavy atom. The smallest absolute Gasteiger partial charge is 0.248 e. The van der Waals surface area contributed by atoms with E-state index in [1.165, 1.54) is 0 Å². The number of carbonyl (C=O) groups excluding carboxylic acids is 3. The molecular weight excluding hydrogens is 586 g/mol. The zero-order valence-electron chi connectivity index (χ0n) is 24.1. The first kappa shape index (κ1) is 31.4. The van der Waals surface area contributed by atoms with E-state index in [-0.39, 0.29) is 29.2 Å². The molecular formula is C32H44BrN3O5. The van der Waals surface area contributed by atoms with E-state index in [0.717, 1.165) is 31.4 Å². The van der Waals surface area contributed by atoms with Crippen LogP contribution in [0.5, 0.6) is 0 Å². The van der Waals surface area contributed by atoms with Gasteiger partial charge < -0.3 is 24.5 Å². The summed E-state index contributed by atoms with van der Waals surface area (Å²) >= 11 is 3.77. The van der Waals surface area contributed by atoms with Crippen molar-refractivity contribution in [3.05, 3.63) is 55.6 Å². The fraction of sp³-hybridized carbons (Fsp3) is 0.594. The van der Waals surface area contributed by atoms with Crippen LogP contribution in [0.4, 0.5) is 5.69 Å². The summed E-state index contributed by atoms with van der Waals surface area (Å²) in [4.78, 5) is 48.0. The van der Waals surface area contributed by atoms with Gasteiger partial charge in [-0.15, -0.1) is 13.2 Å². The van der Waals surface area contributed by atoms with Gasteiger partial charge in [0.05, 0.1) is 17.9 Å². The van der Waals surface area contributed by atoms with Gasteiger partial charge in [-0.25, -0.2) is 0 Å². The quantitative estimate of drug-likeness (QED) is 0.167. The Hall–Kier alpha value is -2.49. The van der Waals surface area contributed by atoms with Gasteiger partial charge in [-0.2, -0.15) is 0 Å². The van der Waals surface area contributed by atoms with Gasteiger partial charge in [0, 0.05) is 43.3 Å². The van der Waals surface area contributed by atoms with Gasteiger partial charge in [0.2, 0.25) is 17.7 Å². The third kappa shape index (κ3) is 6.04. The molecule has 3 aliphatic rings. The van der Waals surface area contributed by atoms with Crippen LogP contribution < -0.4 is 4.90 Å². The highest BCUT2D eigenvalue weighted by molar-refractivity contribution is 9.09. The summed E-state index contributed by atoms with van der Waals surface area (Å²) in [5.41, 5.74) is -0.363. The molecule has 4 rings (SSSR count). The number of anilines is 1. The van der Waals surface area contributed by atoms with E-state index in [1.54, 1.807) is 26.9 Å². The maximum atomic E-state index is 14.4. The van der Waals surface area contributed by atoms with Gasteiger partial charge in [-0.05, 0) is 44.2 Å². The number of para-hydroxylation sites is 1. The SMILES string of the molecule is C=CCN(CCCCC)C(=O)C1N(CCCCCO)C(=O)[C@@H]2[C@@H](C(=O)N(CC=C)c3ccccc3)[C@@H]3OC12CC3Br. The number of hydrogen-bond acceptors (Lipinski definition) is 5. The van der Waals surface area contributed by atoms with Crippen LogP contribution >= 0.6 is 15.9 Å². The summed E-state index contributed by atoms with van der Waals surface area (Å²) < 4.78 is 6.71. The molecule has 3 heterocycles. The summed E-state index contributed by atoms with van der Waals surface area (Å²) in [6, 6.07) is 8.57. The zero-order valence-corrected chi connectivity index (χ0v) is 25.7. The highest BCUT2D eigenvalue weighted by atomic mass is 79.9. The Morgan fingerprint density at radius 1 is 1.10 bits per heavy atom. The van der Waals surface area contributed by atoms with Crippen molar-refractivity contribution in [2.45, 2.75) is 74.4 Å². The maximum Gasteiger partial charge on any atom is 0.248 e. The average Bonchev–Trinajstić information content (AvgIpc) is 3.56. The van der Waals surface area contributed by atoms with Crippen LogP contribution in [0.2, 0.25) is 0 Å². The van der Waals surface area contributed by atoms with Crippen molar-refractivity contribution in [3.63, 3.8) is 0 Å². The lowest BCUT2D eigenvalue weighted by molar-refractivity contribution is -0.147. The Bertz CT molecular complexity index is 1100. The molecule has 41 heavy (non-hydrogen) atoms. The number of ether oxygens (including phenoxy) is 1. The van der Waals surface area contributed by atoms with Crippen LogP contribution in [0.15, 0.2) is 55.6 Å². The first-order chi connectivity index (χ1) is 19.9. The van der Waals surface area contributed by atoms with Crippen molar-refractivity contribution in [1.29, 1.82) is 0 Å². The van der Waals surface area contributed by atoms with Gasteiger partial charge >= 0.3 is 0 Å². The second-order valence-corrected chi connectivity index (χ2v) is 12.5. The predicted octanol–water partition coefficient (Wildman–Crippen LogP) is 4.32. The van der Waals surface area contributed by atoms with Crippen molar-refractivity contribution < 1.29 is 24.2 Å². The lowest BCUT2D eigenvalue weighted by Crippen LogP contribution is -2.57. The molecule has 8 nitrogen and oxygen atoms in total. The van der Waals surface area contributed by atoms with E-state index < -0.39 is 29.6 Å². The van der Waals surface area contributed by atoms with Gasteiger partial charge in [-0.3, -0.25) is 14.4 Å². The largest absolute Gasteiger partial charge is 0.396 e. The average molecular weight is 631 g/mol. The number of aliphatic hydroxyl groups is 1. The number of nitrogens with zero attached hydrogens (tertiary/aromatic N) is 3. The number of halogens is 1. The number of amides is 3. The van der Waals surface area contributed by atoms with Crippen molar-refractivity contribution in [1.82, 2.24) is 9.80 Å². The highest BCUT2D eigenvalue weighted by Crippen LogP contribution is 2.60. The monoisotopic (exact) mass is 629 g/mol. The van der Waals surface area contributed by atoms with Crippen molar-refractivity contribution in [3.8, 4) is 0 Å². The predicted molar refractivity (Wildman–Crippen MR) is 164 cm³/mol. The molecule has 3 fully saturated rings. The second kappa shape index (κ2) is 14.1. The second-order valence-electron chi connectivity index (χ2n) is 11.3. The molecule has 0 radical (unpaired) electrons. The van der Waals surface area contributed by atoms with Crippen LogP contribution in [0.25, 0.3) is 0 Å². The van der Waals surface area contributed by atoms with Crippen molar-refractivity contribution in [2.24, 2.45) is 11.8 Å². The molecule has 0 aliphatic carbocycles. The van der Waals surface area contributed by atoms with Crippen molar-refractivity contribution >= 4 is 39.3 Å². The van der Waals surface area contributed by atoms with Crippen molar-refractivity contribution in [2.75, 3.05) is 37.7 Å². The maximum absolute atomic E-state index is 14.4. The van der Waals surface area contributed by atoms with Gasteiger partial charge in [0.1, 0.15) is 11.6 Å². The number of benzene rings is 1. The lowest BCUT2D eigenvalue weighted by Gasteiger charge is -2.37. The number of rotatable bonds is 16. The van der Waals surface area contributed by atoms with Crippen LogP contribution in [0.3, 0.4) is 0 Å². The molecule has 2 bridgehead atoms. The topological polar surface area (TPSA) is 90.4 Å². The summed E-state index contributed by atoms with van der Waals surface area (Å²) in [6.07, 6.45) is 8.28. The lowest BCUT2D eigenvalue weighted by atomic mass is 9.70. The summed E-state index contributed by atoms with van der Waals surface area (Å²) in [6.45, 7) is 11.6. The third-order valence-corrected chi connectivity index (χ3v) is 9.55. The number of alkyl halides is 1. The van der Waals surface area contributed by atoms with E-state index in [2.05, 4.69) is 36.0 Å². The molecule has 1 spiro atoms. The van der Waals surface area contributed by atoms with Gasteiger partial charge in [-0.1, -0.05) is 66.0 Å². The number of hydrogen-bond donors (Lipinski definition) is 1. The standard InChI is InChI=1S/C32H44BrN3O5/c1-4-7-12-19-34(17-5-2)31(40)28-32-22-24(33)27(41-32)25(26(32)30(39)36(28)20-13-9-14-21-37)29(38)35(18-6-3)23-15-10-8-11-16-23/h5-6,8,10-11,15-16,24-28,37H,2-4,7,9,12-14,17-22H2,1H3/t24?,25-,26+,27-,28?,32?/m1/s1.